The number of nitrogens with one attached hydrogen (secondary N) is 2. The summed E-state index contributed by atoms with van der Waals surface area (Å²) in [4.78, 5) is 8.22. The highest BCUT2D eigenvalue weighted by Crippen LogP contribution is 2.29. The second kappa shape index (κ2) is 4.44. The number of hydrogen-bond acceptors (Lipinski definition) is 4. The Labute approximate surface area is 112 Å². The average Bonchev–Trinajstić information content (AvgIpc) is 2.83. The molecule has 0 aliphatic heterocycles. The molecule has 2 aromatic heterocycles. The van der Waals surface area contributed by atoms with Crippen LogP contribution in [-0.2, 0) is 0 Å². The number of aromatic amines is 1. The third-order valence-electron chi connectivity index (χ3n) is 2.43. The summed E-state index contributed by atoms with van der Waals surface area (Å²) in [6, 6.07) is 5.18. The Kier molecular flexibility index (Phi) is 2.77. The van der Waals surface area contributed by atoms with Crippen molar-refractivity contribution >= 4 is 45.7 Å². The summed E-state index contributed by atoms with van der Waals surface area (Å²) in [6.07, 6.45) is 3.09. The van der Waals surface area contributed by atoms with Gasteiger partial charge in [0.25, 0.3) is 0 Å². The maximum Gasteiger partial charge on any atom is 0.160 e. The van der Waals surface area contributed by atoms with Gasteiger partial charge < -0.3 is 5.32 Å². The van der Waals surface area contributed by atoms with Gasteiger partial charge in [0, 0.05) is 5.02 Å². The van der Waals surface area contributed by atoms with Crippen LogP contribution in [-0.4, -0.2) is 20.2 Å². The minimum atomic E-state index is 0.564. The predicted molar refractivity (Wildman–Crippen MR) is 71.4 cm³/mol. The Morgan fingerprint density at radius 2 is 2.06 bits per heavy atom. The average molecular weight is 280 g/mol. The first-order valence-electron chi connectivity index (χ1n) is 5.10. The van der Waals surface area contributed by atoms with Crippen molar-refractivity contribution in [2.45, 2.75) is 0 Å². The van der Waals surface area contributed by atoms with E-state index in [-0.39, 0.29) is 0 Å². The molecule has 0 amide bonds. The van der Waals surface area contributed by atoms with Crippen molar-refractivity contribution in [2.75, 3.05) is 5.32 Å². The molecule has 5 nitrogen and oxygen atoms in total. The molecular weight excluding hydrogens is 273 g/mol. The molecule has 90 valence electrons. The van der Waals surface area contributed by atoms with Gasteiger partial charge in [0.2, 0.25) is 0 Å². The van der Waals surface area contributed by atoms with Gasteiger partial charge in [-0.3, -0.25) is 5.10 Å². The van der Waals surface area contributed by atoms with Crippen molar-refractivity contribution in [1.29, 1.82) is 0 Å². The number of halogens is 2. The summed E-state index contributed by atoms with van der Waals surface area (Å²) in [5.74, 6) is 0.623. The first kappa shape index (κ1) is 11.3. The number of hydrogen-bond donors (Lipinski definition) is 2. The summed E-state index contributed by atoms with van der Waals surface area (Å²) in [5.41, 5.74) is 1.34. The fourth-order valence-electron chi connectivity index (χ4n) is 1.59. The molecule has 18 heavy (non-hydrogen) atoms. The molecule has 0 spiro atoms. The maximum atomic E-state index is 6.08. The number of benzene rings is 1. The van der Waals surface area contributed by atoms with Crippen molar-refractivity contribution in [1.82, 2.24) is 20.2 Å². The molecule has 3 rings (SSSR count). The minimum Gasteiger partial charge on any atom is -0.338 e. The Balaban J connectivity index is 2.06. The summed E-state index contributed by atoms with van der Waals surface area (Å²) in [6.45, 7) is 0. The number of nitrogens with zero attached hydrogens (tertiary/aromatic N) is 3. The van der Waals surface area contributed by atoms with Crippen LogP contribution in [0.2, 0.25) is 10.0 Å². The molecule has 0 unspecified atom stereocenters. The van der Waals surface area contributed by atoms with Gasteiger partial charge in [0.05, 0.1) is 22.3 Å². The third-order valence-corrected chi connectivity index (χ3v) is 2.99. The van der Waals surface area contributed by atoms with Gasteiger partial charge in [-0.1, -0.05) is 23.2 Å². The van der Waals surface area contributed by atoms with Crippen LogP contribution >= 0.6 is 23.2 Å². The van der Waals surface area contributed by atoms with E-state index in [1.165, 1.54) is 6.33 Å². The third kappa shape index (κ3) is 1.98. The van der Waals surface area contributed by atoms with E-state index in [0.717, 1.165) is 5.39 Å². The van der Waals surface area contributed by atoms with Crippen LogP contribution in [0.4, 0.5) is 11.5 Å². The van der Waals surface area contributed by atoms with E-state index in [9.17, 15) is 0 Å². The standard InChI is InChI=1S/C11H7Cl2N5/c12-6-1-2-8(13)9(3-6)17-10-7-4-16-18-11(7)15-5-14-10/h1-5H,(H2,14,15,16,17,18). The predicted octanol–water partition coefficient (Wildman–Crippen LogP) is 3.40. The zero-order valence-electron chi connectivity index (χ0n) is 8.98. The monoisotopic (exact) mass is 279 g/mol. The normalized spacial score (nSPS) is 10.8. The molecule has 0 atom stereocenters. The van der Waals surface area contributed by atoms with Crippen LogP contribution in [0.25, 0.3) is 11.0 Å². The molecule has 0 bridgehead atoms. The van der Waals surface area contributed by atoms with Gasteiger partial charge in [-0.2, -0.15) is 5.10 Å². The van der Waals surface area contributed by atoms with E-state index < -0.39 is 0 Å². The highest BCUT2D eigenvalue weighted by molar-refractivity contribution is 6.35. The lowest BCUT2D eigenvalue weighted by Crippen LogP contribution is -1.95. The fourth-order valence-corrected chi connectivity index (χ4v) is 1.92. The molecule has 0 saturated heterocycles. The van der Waals surface area contributed by atoms with E-state index in [4.69, 9.17) is 23.2 Å². The molecule has 0 saturated carbocycles. The van der Waals surface area contributed by atoms with Crippen LogP contribution < -0.4 is 5.32 Å². The highest BCUT2D eigenvalue weighted by Gasteiger charge is 2.08. The Morgan fingerprint density at radius 1 is 1.17 bits per heavy atom. The van der Waals surface area contributed by atoms with Crippen molar-refractivity contribution in [2.24, 2.45) is 0 Å². The lowest BCUT2D eigenvalue weighted by atomic mass is 10.3. The molecule has 7 heteroatoms. The van der Waals surface area contributed by atoms with Gasteiger partial charge in [-0.05, 0) is 18.2 Å². The molecule has 2 heterocycles. The molecule has 0 aliphatic rings. The van der Waals surface area contributed by atoms with Crippen LogP contribution in [0.15, 0.2) is 30.7 Å². The number of H-pyrrole nitrogens is 1. The number of aromatic nitrogens is 4. The molecule has 1 aromatic carbocycles. The summed E-state index contributed by atoms with van der Waals surface area (Å²) in [5, 5.41) is 11.8. The zero-order valence-corrected chi connectivity index (χ0v) is 10.5. The Hall–Kier alpha value is -1.85. The molecule has 0 aliphatic carbocycles. The second-order valence-electron chi connectivity index (χ2n) is 3.60. The summed E-state index contributed by atoms with van der Waals surface area (Å²) < 4.78 is 0. The van der Waals surface area contributed by atoms with Crippen LogP contribution in [0, 0.1) is 0 Å². The van der Waals surface area contributed by atoms with Crippen molar-refractivity contribution in [3.8, 4) is 0 Å². The summed E-state index contributed by atoms with van der Waals surface area (Å²) in [7, 11) is 0. The quantitative estimate of drug-likeness (QED) is 0.755. The second-order valence-corrected chi connectivity index (χ2v) is 4.45. The number of rotatable bonds is 2. The van der Waals surface area contributed by atoms with E-state index in [0.29, 0.717) is 27.2 Å². The van der Waals surface area contributed by atoms with Gasteiger partial charge in [-0.25, -0.2) is 9.97 Å². The SMILES string of the molecule is Clc1ccc(Cl)c(Nc2ncnc3[nH]ncc23)c1. The van der Waals surface area contributed by atoms with Gasteiger partial charge in [0.15, 0.2) is 5.65 Å². The largest absolute Gasteiger partial charge is 0.338 e. The smallest absolute Gasteiger partial charge is 0.160 e. The van der Waals surface area contributed by atoms with Crippen LogP contribution in [0.3, 0.4) is 0 Å². The van der Waals surface area contributed by atoms with Crippen molar-refractivity contribution < 1.29 is 0 Å². The molecular formula is C11H7Cl2N5. The Morgan fingerprint density at radius 3 is 2.94 bits per heavy atom. The topological polar surface area (TPSA) is 66.5 Å². The van der Waals surface area contributed by atoms with Crippen molar-refractivity contribution in [3.63, 3.8) is 0 Å². The summed E-state index contributed by atoms with van der Waals surface area (Å²) >= 11 is 12.0. The Bertz CT molecular complexity index is 709. The molecule has 0 fully saturated rings. The zero-order chi connectivity index (χ0) is 12.5. The number of fused-ring (bicyclic) bond motifs is 1. The van der Waals surface area contributed by atoms with E-state index in [2.05, 4.69) is 25.5 Å². The lowest BCUT2D eigenvalue weighted by molar-refractivity contribution is 1.09. The van der Waals surface area contributed by atoms with Crippen LogP contribution in [0.5, 0.6) is 0 Å². The highest BCUT2D eigenvalue weighted by atomic mass is 35.5. The lowest BCUT2D eigenvalue weighted by Gasteiger charge is -2.08. The molecule has 3 aromatic rings. The number of anilines is 2. The van der Waals surface area contributed by atoms with Crippen LogP contribution in [0.1, 0.15) is 0 Å². The first-order valence-corrected chi connectivity index (χ1v) is 5.86. The van der Waals surface area contributed by atoms with E-state index >= 15 is 0 Å². The minimum absolute atomic E-state index is 0.564. The van der Waals surface area contributed by atoms with Gasteiger partial charge in [-0.15, -0.1) is 0 Å². The molecule has 0 radical (unpaired) electrons. The fraction of sp³-hybridized carbons (Fsp3) is 0. The molecule has 2 N–H and O–H groups in total. The van der Waals surface area contributed by atoms with Gasteiger partial charge in [0.1, 0.15) is 12.1 Å². The van der Waals surface area contributed by atoms with Gasteiger partial charge >= 0.3 is 0 Å². The van der Waals surface area contributed by atoms with Crippen molar-refractivity contribution in [3.05, 3.63) is 40.8 Å². The van der Waals surface area contributed by atoms with E-state index in [1.54, 1.807) is 24.4 Å². The van der Waals surface area contributed by atoms with E-state index in [1.807, 2.05) is 0 Å². The maximum absolute atomic E-state index is 6.08. The first-order chi connectivity index (χ1) is 8.74.